The van der Waals surface area contributed by atoms with Gasteiger partial charge < -0.3 is 5.11 Å². The third kappa shape index (κ3) is 3.36. The summed E-state index contributed by atoms with van der Waals surface area (Å²) in [6.45, 7) is 1.57. The maximum atomic E-state index is 12.7. The molecule has 0 bridgehead atoms. The summed E-state index contributed by atoms with van der Waals surface area (Å²) in [5.41, 5.74) is 0.429. The summed E-state index contributed by atoms with van der Waals surface area (Å²) < 4.78 is 38.2. The number of nitrogens with zero attached hydrogens (tertiary/aromatic N) is 1. The number of halogens is 3. The predicted octanol–water partition coefficient (Wildman–Crippen LogP) is 3.76. The molecule has 0 atom stereocenters. The van der Waals surface area contributed by atoms with E-state index in [1.807, 2.05) is 0 Å². The molecule has 1 N–H and O–H groups in total. The van der Waals surface area contributed by atoms with Gasteiger partial charge in [0.05, 0.1) is 17.7 Å². The van der Waals surface area contributed by atoms with E-state index in [2.05, 4.69) is 4.98 Å². The number of hydrogen-bond donors (Lipinski definition) is 1. The molecule has 2 aromatic rings. The third-order valence-electron chi connectivity index (χ3n) is 2.54. The number of aryl methyl sites for hydroxylation is 1. The summed E-state index contributed by atoms with van der Waals surface area (Å²) >= 11 is 1.13. The molecular weight excluding hydrogens is 291 g/mol. The summed E-state index contributed by atoms with van der Waals surface area (Å²) in [5, 5.41) is 10.6. The summed E-state index contributed by atoms with van der Waals surface area (Å²) in [7, 11) is 0. The fraction of sp³-hybridized carbons (Fsp3) is 0.231. The van der Waals surface area contributed by atoms with E-state index < -0.39 is 17.7 Å². The molecule has 0 aliphatic heterocycles. The Morgan fingerprint density at radius 1 is 1.35 bits per heavy atom. The van der Waals surface area contributed by atoms with Gasteiger partial charge in [-0.2, -0.15) is 13.2 Å². The van der Waals surface area contributed by atoms with Crippen molar-refractivity contribution in [2.45, 2.75) is 19.5 Å². The van der Waals surface area contributed by atoms with E-state index in [-0.39, 0.29) is 6.42 Å². The fourth-order valence-corrected chi connectivity index (χ4v) is 2.55. The molecule has 2 rings (SSSR count). The van der Waals surface area contributed by atoms with Gasteiger partial charge >= 0.3 is 12.1 Å². The van der Waals surface area contributed by atoms with Crippen LogP contribution in [0.25, 0.3) is 10.6 Å². The number of carbonyl (C=O) groups is 1. The first kappa shape index (κ1) is 14.5. The molecule has 0 unspecified atom stereocenters. The van der Waals surface area contributed by atoms with Crippen molar-refractivity contribution in [2.75, 3.05) is 0 Å². The first-order valence-corrected chi connectivity index (χ1v) is 6.49. The summed E-state index contributed by atoms with van der Waals surface area (Å²) in [4.78, 5) is 14.6. The van der Waals surface area contributed by atoms with Crippen molar-refractivity contribution < 1.29 is 23.1 Å². The van der Waals surface area contributed by atoms with Crippen LogP contribution in [0.5, 0.6) is 0 Å². The van der Waals surface area contributed by atoms with Gasteiger partial charge in [-0.3, -0.25) is 4.79 Å². The number of aromatic nitrogens is 1. The molecule has 1 aromatic heterocycles. The Bertz CT molecular complexity index is 649. The molecule has 0 amide bonds. The van der Waals surface area contributed by atoms with Crippen LogP contribution >= 0.6 is 11.3 Å². The molecule has 3 nitrogen and oxygen atoms in total. The average Bonchev–Trinajstić information content (AvgIpc) is 2.74. The lowest BCUT2D eigenvalue weighted by atomic mass is 10.1. The molecule has 0 aliphatic carbocycles. The number of carboxylic acid groups (broad SMARTS) is 1. The number of aliphatic carboxylic acids is 1. The number of thiazole rings is 1. The summed E-state index contributed by atoms with van der Waals surface area (Å²) in [5.74, 6) is -1.03. The molecule has 20 heavy (non-hydrogen) atoms. The van der Waals surface area contributed by atoms with Crippen LogP contribution in [0.15, 0.2) is 23.6 Å². The van der Waals surface area contributed by atoms with Gasteiger partial charge in [0.2, 0.25) is 0 Å². The van der Waals surface area contributed by atoms with Crippen LogP contribution in [-0.4, -0.2) is 16.1 Å². The maximum Gasteiger partial charge on any atom is 0.416 e. The molecule has 0 saturated heterocycles. The smallest absolute Gasteiger partial charge is 0.416 e. The molecule has 0 saturated carbocycles. The largest absolute Gasteiger partial charge is 0.481 e. The van der Waals surface area contributed by atoms with Crippen LogP contribution in [0.1, 0.15) is 16.8 Å². The molecular formula is C13H10F3NO2S. The first-order valence-electron chi connectivity index (χ1n) is 5.61. The molecule has 0 aliphatic rings. The van der Waals surface area contributed by atoms with Crippen LogP contribution in [0, 0.1) is 6.92 Å². The van der Waals surface area contributed by atoms with Crippen LogP contribution in [-0.2, 0) is 17.4 Å². The summed E-state index contributed by atoms with van der Waals surface area (Å²) in [6, 6.07) is 3.68. The lowest BCUT2D eigenvalue weighted by molar-refractivity contribution is -0.138. The Morgan fingerprint density at radius 3 is 2.65 bits per heavy atom. The Labute approximate surface area is 116 Å². The molecule has 1 heterocycles. The van der Waals surface area contributed by atoms with Crippen molar-refractivity contribution in [3.8, 4) is 10.6 Å². The van der Waals surface area contributed by atoms with Crippen LogP contribution in [0.2, 0.25) is 0 Å². The highest BCUT2D eigenvalue weighted by molar-refractivity contribution is 7.13. The third-order valence-corrected chi connectivity index (χ3v) is 3.48. The highest BCUT2D eigenvalue weighted by Crippen LogP contribution is 2.34. The quantitative estimate of drug-likeness (QED) is 0.939. The molecule has 106 valence electrons. The molecule has 0 radical (unpaired) electrons. The fourth-order valence-electron chi connectivity index (χ4n) is 1.75. The second-order valence-corrected chi connectivity index (χ2v) is 5.16. The van der Waals surface area contributed by atoms with E-state index in [1.54, 1.807) is 18.4 Å². The topological polar surface area (TPSA) is 50.2 Å². The molecule has 0 fully saturated rings. The van der Waals surface area contributed by atoms with E-state index in [0.717, 1.165) is 23.5 Å². The first-order chi connectivity index (χ1) is 9.25. The SMILES string of the molecule is Cc1cc(-c2nc(CC(=O)O)cs2)cc(C(F)(F)F)c1. The van der Waals surface area contributed by atoms with Crippen LogP contribution < -0.4 is 0 Å². The lowest BCUT2D eigenvalue weighted by Gasteiger charge is -2.09. The standard InChI is InChI=1S/C13H10F3NO2S/c1-7-2-8(4-9(3-7)13(14,15)16)12-17-10(6-20-12)5-11(18)19/h2-4,6H,5H2,1H3,(H,18,19). The second-order valence-electron chi connectivity index (χ2n) is 4.30. The molecule has 7 heteroatoms. The Morgan fingerprint density at radius 2 is 2.05 bits per heavy atom. The number of alkyl halides is 3. The Kier molecular flexibility index (Phi) is 3.80. The van der Waals surface area contributed by atoms with Gasteiger partial charge in [-0.25, -0.2) is 4.98 Å². The zero-order valence-corrected chi connectivity index (χ0v) is 11.2. The van der Waals surface area contributed by atoms with Crippen molar-refractivity contribution in [1.29, 1.82) is 0 Å². The van der Waals surface area contributed by atoms with Crippen molar-refractivity contribution in [3.05, 3.63) is 40.4 Å². The minimum absolute atomic E-state index is 0.242. The zero-order chi connectivity index (χ0) is 14.9. The minimum Gasteiger partial charge on any atom is -0.481 e. The Balaban J connectivity index is 2.40. The van der Waals surface area contributed by atoms with Crippen molar-refractivity contribution in [2.24, 2.45) is 0 Å². The van der Waals surface area contributed by atoms with Gasteiger partial charge in [-0.1, -0.05) is 0 Å². The van der Waals surface area contributed by atoms with Gasteiger partial charge in [0.25, 0.3) is 0 Å². The predicted molar refractivity (Wildman–Crippen MR) is 68.6 cm³/mol. The van der Waals surface area contributed by atoms with Gasteiger partial charge in [0.1, 0.15) is 5.01 Å². The maximum absolute atomic E-state index is 12.7. The lowest BCUT2D eigenvalue weighted by Crippen LogP contribution is -2.05. The summed E-state index contributed by atoms with van der Waals surface area (Å²) in [6.07, 6.45) is -4.66. The Hall–Kier alpha value is -1.89. The van der Waals surface area contributed by atoms with E-state index in [0.29, 0.717) is 21.8 Å². The van der Waals surface area contributed by atoms with Crippen molar-refractivity contribution in [3.63, 3.8) is 0 Å². The van der Waals surface area contributed by atoms with E-state index >= 15 is 0 Å². The molecule has 1 aromatic carbocycles. The van der Waals surface area contributed by atoms with Crippen LogP contribution in [0.4, 0.5) is 13.2 Å². The van der Waals surface area contributed by atoms with E-state index in [9.17, 15) is 18.0 Å². The second kappa shape index (κ2) is 5.24. The van der Waals surface area contributed by atoms with Crippen molar-refractivity contribution >= 4 is 17.3 Å². The number of hydrogen-bond acceptors (Lipinski definition) is 3. The zero-order valence-electron chi connectivity index (χ0n) is 10.4. The number of benzene rings is 1. The molecule has 0 spiro atoms. The van der Waals surface area contributed by atoms with Crippen molar-refractivity contribution in [1.82, 2.24) is 4.98 Å². The van der Waals surface area contributed by atoms with E-state index in [1.165, 1.54) is 0 Å². The highest BCUT2D eigenvalue weighted by Gasteiger charge is 2.31. The van der Waals surface area contributed by atoms with Gasteiger partial charge in [-0.15, -0.1) is 11.3 Å². The number of rotatable bonds is 3. The minimum atomic E-state index is -4.41. The van der Waals surface area contributed by atoms with Gasteiger partial charge in [0.15, 0.2) is 0 Å². The van der Waals surface area contributed by atoms with E-state index in [4.69, 9.17) is 5.11 Å². The average molecular weight is 301 g/mol. The van der Waals surface area contributed by atoms with Gasteiger partial charge in [-0.05, 0) is 30.7 Å². The highest BCUT2D eigenvalue weighted by atomic mass is 32.1. The van der Waals surface area contributed by atoms with Crippen LogP contribution in [0.3, 0.4) is 0 Å². The number of carboxylic acids is 1. The normalized spacial score (nSPS) is 11.6. The van der Waals surface area contributed by atoms with Gasteiger partial charge in [0, 0.05) is 10.9 Å². The monoisotopic (exact) mass is 301 g/mol.